The molecular weight excluding hydrogens is 300 g/mol. The normalized spacial score (nSPS) is 26.2. The lowest BCUT2D eigenvalue weighted by Gasteiger charge is -2.48. The van der Waals surface area contributed by atoms with Gasteiger partial charge in [-0.1, -0.05) is 0 Å². The van der Waals surface area contributed by atoms with Gasteiger partial charge in [-0.05, 0) is 13.3 Å². The Morgan fingerprint density at radius 2 is 2.05 bits per heavy atom. The third-order valence-corrected chi connectivity index (χ3v) is 5.67. The summed E-state index contributed by atoms with van der Waals surface area (Å²) in [5, 5.41) is 8.58. The van der Waals surface area contributed by atoms with Crippen molar-refractivity contribution >= 4 is 21.8 Å². The fraction of sp³-hybridized carbons (Fsp3) is 0.833. The minimum atomic E-state index is -3.03. The number of amides is 2. The lowest BCUT2D eigenvalue weighted by atomic mass is 9.97. The molecule has 0 saturated carbocycles. The second kappa shape index (κ2) is 5.45. The Morgan fingerprint density at radius 1 is 1.43 bits per heavy atom. The molecule has 0 aliphatic carbocycles. The zero-order chi connectivity index (χ0) is 15.8. The Kier molecular flexibility index (Phi) is 4.16. The van der Waals surface area contributed by atoms with Crippen LogP contribution in [0.15, 0.2) is 0 Å². The van der Waals surface area contributed by atoms with Gasteiger partial charge in [-0.2, -0.15) is 0 Å². The summed E-state index contributed by atoms with van der Waals surface area (Å²) in [6.07, 6.45) is 0.463. The predicted octanol–water partition coefficient (Wildman–Crippen LogP) is -0.599. The number of likely N-dealkylation sites (tertiary alicyclic amines) is 1. The summed E-state index contributed by atoms with van der Waals surface area (Å²) in [7, 11) is -1.43. The lowest BCUT2D eigenvalue weighted by molar-refractivity contribution is -0.160. The average Bonchev–Trinajstić information content (AvgIpc) is 2.71. The summed E-state index contributed by atoms with van der Waals surface area (Å²) < 4.78 is 28.1. The average molecular weight is 320 g/mol. The molecule has 2 aliphatic rings. The van der Waals surface area contributed by atoms with E-state index in [2.05, 4.69) is 0 Å². The van der Waals surface area contributed by atoms with Gasteiger partial charge in [0, 0.05) is 13.1 Å². The van der Waals surface area contributed by atoms with Crippen molar-refractivity contribution in [3.05, 3.63) is 0 Å². The van der Waals surface area contributed by atoms with Crippen LogP contribution in [-0.4, -0.2) is 85.2 Å². The molecule has 0 aromatic heterocycles. The molecule has 2 rings (SSSR count). The van der Waals surface area contributed by atoms with Crippen molar-refractivity contribution < 1.29 is 27.9 Å². The van der Waals surface area contributed by atoms with Gasteiger partial charge in [0.15, 0.2) is 9.84 Å². The number of aliphatic carboxylic acids is 1. The van der Waals surface area contributed by atoms with Crippen molar-refractivity contribution in [2.45, 2.75) is 25.0 Å². The molecule has 120 valence electrons. The Hall–Kier alpha value is -1.35. The van der Waals surface area contributed by atoms with E-state index in [-0.39, 0.29) is 23.6 Å². The standard InChI is InChI=1S/C12H20N2O6S/c1-12(20-5-10(15)16)7-14(8-12)11(17)13(2)9-3-4-21(18,19)6-9/h9H,3-8H2,1-2H3,(H,15,16). The molecule has 1 N–H and O–H groups in total. The highest BCUT2D eigenvalue weighted by molar-refractivity contribution is 7.91. The number of ether oxygens (including phenoxy) is 1. The first-order valence-corrected chi connectivity index (χ1v) is 8.52. The molecule has 2 heterocycles. The van der Waals surface area contributed by atoms with E-state index in [9.17, 15) is 18.0 Å². The summed E-state index contributed by atoms with van der Waals surface area (Å²) in [6, 6.07) is -0.525. The quantitative estimate of drug-likeness (QED) is 0.742. The molecule has 2 aliphatic heterocycles. The van der Waals surface area contributed by atoms with Crippen LogP contribution in [0.25, 0.3) is 0 Å². The van der Waals surface area contributed by atoms with Gasteiger partial charge in [0.2, 0.25) is 0 Å². The van der Waals surface area contributed by atoms with Crippen LogP contribution >= 0.6 is 0 Å². The van der Waals surface area contributed by atoms with Crippen molar-refractivity contribution in [2.24, 2.45) is 0 Å². The Balaban J connectivity index is 1.84. The fourth-order valence-electron chi connectivity index (χ4n) is 2.68. The zero-order valence-corrected chi connectivity index (χ0v) is 12.9. The molecule has 9 heteroatoms. The summed E-state index contributed by atoms with van der Waals surface area (Å²) in [5.41, 5.74) is -0.642. The number of nitrogens with zero attached hydrogens (tertiary/aromatic N) is 2. The number of carboxylic acid groups (broad SMARTS) is 1. The maximum Gasteiger partial charge on any atom is 0.329 e. The van der Waals surface area contributed by atoms with E-state index in [1.54, 1.807) is 14.0 Å². The molecule has 0 bridgehead atoms. The van der Waals surface area contributed by atoms with Gasteiger partial charge in [0.05, 0.1) is 24.6 Å². The minimum absolute atomic E-state index is 0.00978. The topological polar surface area (TPSA) is 104 Å². The number of rotatable bonds is 4. The highest BCUT2D eigenvalue weighted by atomic mass is 32.2. The van der Waals surface area contributed by atoms with Crippen LogP contribution in [0.2, 0.25) is 0 Å². The molecule has 0 aromatic carbocycles. The molecule has 2 fully saturated rings. The van der Waals surface area contributed by atoms with Crippen LogP contribution in [0.4, 0.5) is 4.79 Å². The van der Waals surface area contributed by atoms with Crippen LogP contribution in [0.1, 0.15) is 13.3 Å². The van der Waals surface area contributed by atoms with Gasteiger partial charge < -0.3 is 19.6 Å². The number of urea groups is 1. The third kappa shape index (κ3) is 3.65. The molecule has 0 spiro atoms. The first-order valence-electron chi connectivity index (χ1n) is 6.70. The highest BCUT2D eigenvalue weighted by Crippen LogP contribution is 2.27. The largest absolute Gasteiger partial charge is 0.480 e. The molecule has 21 heavy (non-hydrogen) atoms. The van der Waals surface area contributed by atoms with Crippen LogP contribution < -0.4 is 0 Å². The SMILES string of the molecule is CN(C(=O)N1CC(C)(OCC(=O)O)C1)C1CCS(=O)(=O)C1. The maximum absolute atomic E-state index is 12.2. The second-order valence-corrected chi connectivity index (χ2v) is 8.17. The molecule has 0 aromatic rings. The monoisotopic (exact) mass is 320 g/mol. The van der Waals surface area contributed by atoms with Gasteiger partial charge in [-0.15, -0.1) is 0 Å². The Morgan fingerprint density at radius 3 is 2.52 bits per heavy atom. The maximum atomic E-state index is 12.2. The van der Waals surface area contributed by atoms with E-state index in [1.165, 1.54) is 9.80 Å². The number of hydrogen-bond donors (Lipinski definition) is 1. The summed E-state index contributed by atoms with van der Waals surface area (Å²) in [4.78, 5) is 25.7. The summed E-state index contributed by atoms with van der Waals surface area (Å²) >= 11 is 0. The second-order valence-electron chi connectivity index (χ2n) is 5.94. The number of carboxylic acids is 1. The van der Waals surface area contributed by atoms with Crippen molar-refractivity contribution in [3.8, 4) is 0 Å². The fourth-order valence-corrected chi connectivity index (χ4v) is 4.46. The first-order chi connectivity index (χ1) is 9.62. The third-order valence-electron chi connectivity index (χ3n) is 3.92. The van der Waals surface area contributed by atoms with E-state index >= 15 is 0 Å². The predicted molar refractivity (Wildman–Crippen MR) is 73.8 cm³/mol. The van der Waals surface area contributed by atoms with Crippen molar-refractivity contribution in [3.63, 3.8) is 0 Å². The van der Waals surface area contributed by atoms with Crippen LogP contribution in [0, 0.1) is 0 Å². The van der Waals surface area contributed by atoms with Gasteiger partial charge in [0.25, 0.3) is 0 Å². The van der Waals surface area contributed by atoms with E-state index in [0.717, 1.165) is 0 Å². The van der Waals surface area contributed by atoms with Crippen LogP contribution in [-0.2, 0) is 19.4 Å². The molecule has 8 nitrogen and oxygen atoms in total. The zero-order valence-electron chi connectivity index (χ0n) is 12.1. The van der Waals surface area contributed by atoms with Gasteiger partial charge >= 0.3 is 12.0 Å². The smallest absolute Gasteiger partial charge is 0.329 e. The highest BCUT2D eigenvalue weighted by Gasteiger charge is 2.45. The Labute approximate surface area is 123 Å². The number of carbonyl (C=O) groups is 2. The number of sulfone groups is 1. The van der Waals surface area contributed by atoms with Gasteiger partial charge in [-0.25, -0.2) is 18.0 Å². The van der Waals surface area contributed by atoms with Gasteiger partial charge in [0.1, 0.15) is 12.2 Å². The van der Waals surface area contributed by atoms with E-state index in [0.29, 0.717) is 19.5 Å². The van der Waals surface area contributed by atoms with Crippen LogP contribution in [0.5, 0.6) is 0 Å². The summed E-state index contributed by atoms with van der Waals surface area (Å²) in [6.45, 7) is 1.97. The van der Waals surface area contributed by atoms with Gasteiger partial charge in [-0.3, -0.25) is 0 Å². The molecule has 2 amide bonds. The number of hydrogen-bond acceptors (Lipinski definition) is 5. The van der Waals surface area contributed by atoms with Crippen molar-refractivity contribution in [1.29, 1.82) is 0 Å². The number of carbonyl (C=O) groups excluding carboxylic acids is 1. The summed E-state index contributed by atoms with van der Waals surface area (Å²) in [5.74, 6) is -0.917. The molecule has 1 atom stereocenters. The molecular formula is C12H20N2O6S. The molecule has 2 saturated heterocycles. The first kappa shape index (κ1) is 16.0. The van der Waals surface area contributed by atoms with Crippen molar-refractivity contribution in [2.75, 3.05) is 38.2 Å². The van der Waals surface area contributed by atoms with E-state index in [4.69, 9.17) is 9.84 Å². The lowest BCUT2D eigenvalue weighted by Crippen LogP contribution is -2.66. The molecule has 1 unspecified atom stereocenters. The van der Waals surface area contributed by atoms with Crippen LogP contribution in [0.3, 0.4) is 0 Å². The van der Waals surface area contributed by atoms with E-state index < -0.39 is 28.0 Å². The molecule has 0 radical (unpaired) electrons. The van der Waals surface area contributed by atoms with E-state index in [1.807, 2.05) is 0 Å². The van der Waals surface area contributed by atoms with Crippen molar-refractivity contribution in [1.82, 2.24) is 9.80 Å². The Bertz CT molecular complexity index is 540. The minimum Gasteiger partial charge on any atom is -0.480 e.